The van der Waals surface area contributed by atoms with Crippen molar-refractivity contribution in [3.63, 3.8) is 0 Å². The van der Waals surface area contributed by atoms with E-state index in [-0.39, 0.29) is 35.6 Å². The van der Waals surface area contributed by atoms with Crippen molar-refractivity contribution in [2.24, 2.45) is 29.6 Å². The third-order valence-electron chi connectivity index (χ3n) is 6.54. The molecule has 5 heteroatoms. The SMILES string of the molecule is CCCCCC(O)C(O)C1C2CC(=O)C(C(C)CCCCC(=O)OC)C21. The van der Waals surface area contributed by atoms with Crippen molar-refractivity contribution in [3.05, 3.63) is 0 Å². The number of carbonyl (C=O) groups is 2. The number of ketones is 1. The Kier molecular flexibility index (Phi) is 8.08. The smallest absolute Gasteiger partial charge is 0.305 e. The first-order valence-corrected chi connectivity index (χ1v) is 10.4. The molecule has 0 aliphatic heterocycles. The summed E-state index contributed by atoms with van der Waals surface area (Å²) in [6.45, 7) is 4.24. The van der Waals surface area contributed by atoms with Gasteiger partial charge in [0.15, 0.2) is 0 Å². The fraction of sp³-hybridized carbons (Fsp3) is 0.905. The number of aliphatic hydroxyl groups excluding tert-OH is 2. The molecular weight excluding hydrogens is 332 g/mol. The van der Waals surface area contributed by atoms with Gasteiger partial charge >= 0.3 is 5.97 Å². The van der Waals surface area contributed by atoms with Crippen LogP contribution in [0.15, 0.2) is 0 Å². The molecule has 2 N–H and O–H groups in total. The van der Waals surface area contributed by atoms with Crippen LogP contribution in [0.25, 0.3) is 0 Å². The predicted octanol–water partition coefficient (Wildman–Crippen LogP) is 3.11. The van der Waals surface area contributed by atoms with Crippen molar-refractivity contribution >= 4 is 11.8 Å². The fourth-order valence-electron chi connectivity index (χ4n) is 5.01. The van der Waals surface area contributed by atoms with Crippen LogP contribution in [-0.4, -0.2) is 41.3 Å². The monoisotopic (exact) mass is 368 g/mol. The predicted molar refractivity (Wildman–Crippen MR) is 99.4 cm³/mol. The Balaban J connectivity index is 1.79. The third kappa shape index (κ3) is 5.07. The summed E-state index contributed by atoms with van der Waals surface area (Å²) in [5.74, 6) is 1.02. The first-order valence-electron chi connectivity index (χ1n) is 10.4. The van der Waals surface area contributed by atoms with E-state index >= 15 is 0 Å². The molecule has 0 heterocycles. The van der Waals surface area contributed by atoms with E-state index in [9.17, 15) is 19.8 Å². The molecule has 150 valence electrons. The molecule has 5 nitrogen and oxygen atoms in total. The molecular formula is C21H36O5. The van der Waals surface area contributed by atoms with Crippen LogP contribution in [0.3, 0.4) is 0 Å². The largest absolute Gasteiger partial charge is 0.469 e. The minimum atomic E-state index is -0.691. The summed E-state index contributed by atoms with van der Waals surface area (Å²) in [5, 5.41) is 20.8. The van der Waals surface area contributed by atoms with Gasteiger partial charge in [0.1, 0.15) is 5.78 Å². The van der Waals surface area contributed by atoms with Crippen LogP contribution in [-0.2, 0) is 14.3 Å². The summed E-state index contributed by atoms with van der Waals surface area (Å²) < 4.78 is 4.65. The van der Waals surface area contributed by atoms with Crippen molar-refractivity contribution in [2.45, 2.75) is 83.8 Å². The average molecular weight is 369 g/mol. The topological polar surface area (TPSA) is 83.8 Å². The van der Waals surface area contributed by atoms with E-state index < -0.39 is 12.2 Å². The van der Waals surface area contributed by atoms with E-state index in [1.54, 1.807) is 0 Å². The molecule has 26 heavy (non-hydrogen) atoms. The Morgan fingerprint density at radius 1 is 1.19 bits per heavy atom. The number of aliphatic hydroxyl groups is 2. The number of hydrogen-bond acceptors (Lipinski definition) is 5. The minimum Gasteiger partial charge on any atom is -0.469 e. The lowest BCUT2D eigenvalue weighted by Crippen LogP contribution is -2.32. The molecule has 0 saturated heterocycles. The van der Waals surface area contributed by atoms with E-state index in [0.29, 0.717) is 25.0 Å². The molecule has 7 atom stereocenters. The zero-order chi connectivity index (χ0) is 19.3. The molecule has 0 bridgehead atoms. The lowest BCUT2D eigenvalue weighted by molar-refractivity contribution is -0.140. The van der Waals surface area contributed by atoms with Gasteiger partial charge < -0.3 is 14.9 Å². The molecule has 2 aliphatic carbocycles. The van der Waals surface area contributed by atoms with Crippen LogP contribution < -0.4 is 0 Å². The van der Waals surface area contributed by atoms with Gasteiger partial charge in [-0.2, -0.15) is 0 Å². The summed E-state index contributed by atoms with van der Waals surface area (Å²) >= 11 is 0. The van der Waals surface area contributed by atoms with Crippen LogP contribution in [0.4, 0.5) is 0 Å². The van der Waals surface area contributed by atoms with Gasteiger partial charge in [-0.1, -0.05) is 39.5 Å². The molecule has 0 spiro atoms. The third-order valence-corrected chi connectivity index (χ3v) is 6.54. The Hall–Kier alpha value is -0.940. The normalized spacial score (nSPS) is 30.6. The summed E-state index contributed by atoms with van der Waals surface area (Å²) in [5.41, 5.74) is 0. The van der Waals surface area contributed by atoms with Crippen molar-refractivity contribution < 1.29 is 24.5 Å². The molecule has 7 unspecified atom stereocenters. The van der Waals surface area contributed by atoms with Gasteiger partial charge in [0, 0.05) is 18.8 Å². The van der Waals surface area contributed by atoms with Crippen LogP contribution in [0.5, 0.6) is 0 Å². The highest BCUT2D eigenvalue weighted by molar-refractivity contribution is 5.86. The minimum absolute atomic E-state index is 0.0145. The quantitative estimate of drug-likeness (QED) is 0.408. The first-order chi connectivity index (χ1) is 12.4. The van der Waals surface area contributed by atoms with Gasteiger partial charge in [0.25, 0.3) is 0 Å². The van der Waals surface area contributed by atoms with Crippen molar-refractivity contribution in [1.82, 2.24) is 0 Å². The molecule has 0 aromatic heterocycles. The van der Waals surface area contributed by atoms with E-state index in [4.69, 9.17) is 0 Å². The number of hydrogen-bond donors (Lipinski definition) is 2. The second-order valence-electron chi connectivity index (χ2n) is 8.37. The van der Waals surface area contributed by atoms with Crippen LogP contribution in [0.2, 0.25) is 0 Å². The number of methoxy groups -OCH3 is 1. The number of ether oxygens (including phenoxy) is 1. The Morgan fingerprint density at radius 2 is 1.88 bits per heavy atom. The highest BCUT2D eigenvalue weighted by Gasteiger charge is 2.65. The van der Waals surface area contributed by atoms with Crippen molar-refractivity contribution in [3.8, 4) is 0 Å². The number of carbonyl (C=O) groups excluding carboxylic acids is 2. The molecule has 2 rings (SSSR count). The number of rotatable bonds is 12. The van der Waals surface area contributed by atoms with Gasteiger partial charge in [-0.25, -0.2) is 0 Å². The average Bonchev–Trinajstić information content (AvgIpc) is 3.19. The second-order valence-corrected chi connectivity index (χ2v) is 8.37. The molecule has 0 radical (unpaired) electrons. The van der Waals surface area contributed by atoms with Crippen LogP contribution in [0, 0.1) is 29.6 Å². The Bertz CT molecular complexity index is 477. The second kappa shape index (κ2) is 9.84. The fourth-order valence-corrected chi connectivity index (χ4v) is 5.01. The highest BCUT2D eigenvalue weighted by atomic mass is 16.5. The standard InChI is InChI=1S/C21H36O5/c1-4-5-6-10-15(22)21(25)20-14-12-16(23)18(19(14)20)13(2)9-7-8-11-17(24)26-3/h13-15,18-22,25H,4-12H2,1-3H3. The van der Waals surface area contributed by atoms with Gasteiger partial charge in [-0.15, -0.1) is 0 Å². The zero-order valence-electron chi connectivity index (χ0n) is 16.5. The van der Waals surface area contributed by atoms with E-state index in [0.717, 1.165) is 38.5 Å². The number of Topliss-reactive ketones (excluding diaryl/α,β-unsaturated/α-hetero) is 1. The molecule has 2 fully saturated rings. The molecule has 0 amide bonds. The molecule has 2 aliphatic rings. The van der Waals surface area contributed by atoms with Gasteiger partial charge in [-0.3, -0.25) is 9.59 Å². The lowest BCUT2D eigenvalue weighted by atomic mass is 9.82. The number of fused-ring (bicyclic) bond motifs is 1. The number of esters is 1. The van der Waals surface area contributed by atoms with Crippen molar-refractivity contribution in [2.75, 3.05) is 7.11 Å². The van der Waals surface area contributed by atoms with Crippen molar-refractivity contribution in [1.29, 1.82) is 0 Å². The van der Waals surface area contributed by atoms with Gasteiger partial charge in [-0.05, 0) is 42.9 Å². The van der Waals surface area contributed by atoms with E-state index in [1.165, 1.54) is 7.11 Å². The first kappa shape index (κ1) is 21.4. The maximum absolute atomic E-state index is 12.4. The number of unbranched alkanes of at least 4 members (excludes halogenated alkanes) is 3. The summed E-state index contributed by atoms with van der Waals surface area (Å²) in [4.78, 5) is 23.5. The highest BCUT2D eigenvalue weighted by Crippen LogP contribution is 2.63. The van der Waals surface area contributed by atoms with Gasteiger partial charge in [0.2, 0.25) is 0 Å². The van der Waals surface area contributed by atoms with Crippen LogP contribution in [0.1, 0.15) is 71.6 Å². The summed E-state index contributed by atoms with van der Waals surface area (Å²) in [6.07, 6.45) is 6.00. The van der Waals surface area contributed by atoms with Crippen LogP contribution >= 0.6 is 0 Å². The molecule has 0 aromatic rings. The summed E-state index contributed by atoms with van der Waals surface area (Å²) in [7, 11) is 1.40. The molecule has 0 aromatic carbocycles. The molecule has 2 saturated carbocycles. The lowest BCUT2D eigenvalue weighted by Gasteiger charge is -2.24. The zero-order valence-corrected chi connectivity index (χ0v) is 16.5. The maximum Gasteiger partial charge on any atom is 0.305 e. The van der Waals surface area contributed by atoms with E-state index in [1.807, 2.05) is 0 Å². The maximum atomic E-state index is 12.4. The Morgan fingerprint density at radius 3 is 2.54 bits per heavy atom. The Labute approximate surface area is 157 Å². The summed E-state index contributed by atoms with van der Waals surface area (Å²) in [6, 6.07) is 0. The van der Waals surface area contributed by atoms with Gasteiger partial charge in [0.05, 0.1) is 19.3 Å². The van der Waals surface area contributed by atoms with E-state index in [2.05, 4.69) is 18.6 Å².